The summed E-state index contributed by atoms with van der Waals surface area (Å²) in [6, 6.07) is 0. The Labute approximate surface area is 101 Å². The van der Waals surface area contributed by atoms with Gasteiger partial charge >= 0.3 is 0 Å². The predicted octanol–water partition coefficient (Wildman–Crippen LogP) is 2.81. The molecule has 1 aliphatic heterocycles. The van der Waals surface area contributed by atoms with Crippen molar-refractivity contribution in [1.29, 1.82) is 0 Å². The van der Waals surface area contributed by atoms with E-state index in [0.29, 0.717) is 6.10 Å². The van der Waals surface area contributed by atoms with Crippen LogP contribution in [0.15, 0.2) is 6.20 Å². The standard InChI is InChI=1S/C12H17ClN2O/c1-8(13)11-7-14-12(15-9(11)2)6-10-4-3-5-16-10/h7-8,10H,3-6H2,1-2H3. The molecule has 0 saturated carbocycles. The SMILES string of the molecule is Cc1nc(CC2CCCO2)ncc1C(C)Cl. The Morgan fingerprint density at radius 1 is 1.62 bits per heavy atom. The highest BCUT2D eigenvalue weighted by Gasteiger charge is 2.18. The van der Waals surface area contributed by atoms with E-state index in [1.165, 1.54) is 0 Å². The molecule has 4 heteroatoms. The average Bonchev–Trinajstić information content (AvgIpc) is 2.70. The second kappa shape index (κ2) is 5.11. The van der Waals surface area contributed by atoms with E-state index in [2.05, 4.69) is 9.97 Å². The number of hydrogen-bond donors (Lipinski definition) is 0. The van der Waals surface area contributed by atoms with Crippen molar-refractivity contribution < 1.29 is 4.74 Å². The van der Waals surface area contributed by atoms with Crippen molar-refractivity contribution in [1.82, 2.24) is 9.97 Å². The van der Waals surface area contributed by atoms with E-state index in [1.807, 2.05) is 20.0 Å². The molecule has 16 heavy (non-hydrogen) atoms. The molecule has 2 atom stereocenters. The minimum atomic E-state index is -0.0308. The minimum Gasteiger partial charge on any atom is -0.378 e. The maximum Gasteiger partial charge on any atom is 0.131 e. The number of ether oxygens (including phenoxy) is 1. The molecule has 1 aromatic rings. The lowest BCUT2D eigenvalue weighted by molar-refractivity contribution is 0.110. The Bertz CT molecular complexity index is 362. The van der Waals surface area contributed by atoms with Crippen LogP contribution >= 0.6 is 11.6 Å². The predicted molar refractivity (Wildman–Crippen MR) is 63.7 cm³/mol. The molecule has 0 N–H and O–H groups in total. The van der Waals surface area contributed by atoms with Crippen LogP contribution in [-0.4, -0.2) is 22.7 Å². The summed E-state index contributed by atoms with van der Waals surface area (Å²) in [6.07, 6.45) is 5.23. The van der Waals surface area contributed by atoms with Gasteiger partial charge in [-0.05, 0) is 26.7 Å². The fourth-order valence-electron chi connectivity index (χ4n) is 2.02. The van der Waals surface area contributed by atoms with Crippen LogP contribution in [0.3, 0.4) is 0 Å². The van der Waals surface area contributed by atoms with E-state index in [9.17, 15) is 0 Å². The first-order chi connectivity index (χ1) is 7.66. The second-order valence-electron chi connectivity index (χ2n) is 4.28. The number of aryl methyl sites for hydroxylation is 1. The lowest BCUT2D eigenvalue weighted by atomic mass is 10.1. The summed E-state index contributed by atoms with van der Waals surface area (Å²) >= 11 is 6.03. The first kappa shape index (κ1) is 11.8. The summed E-state index contributed by atoms with van der Waals surface area (Å²) in [4.78, 5) is 8.83. The van der Waals surface area contributed by atoms with Gasteiger partial charge in [0.1, 0.15) is 5.82 Å². The summed E-state index contributed by atoms with van der Waals surface area (Å²) in [5.41, 5.74) is 1.99. The average molecular weight is 241 g/mol. The van der Waals surface area contributed by atoms with E-state index in [-0.39, 0.29) is 5.38 Å². The largest absolute Gasteiger partial charge is 0.378 e. The fraction of sp³-hybridized carbons (Fsp3) is 0.667. The summed E-state index contributed by atoms with van der Waals surface area (Å²) in [7, 11) is 0. The smallest absolute Gasteiger partial charge is 0.131 e. The molecule has 0 spiro atoms. The Hall–Kier alpha value is -0.670. The van der Waals surface area contributed by atoms with Gasteiger partial charge in [0.25, 0.3) is 0 Å². The topological polar surface area (TPSA) is 35.0 Å². The van der Waals surface area contributed by atoms with Crippen LogP contribution in [0.2, 0.25) is 0 Å². The third kappa shape index (κ3) is 2.71. The third-order valence-corrected chi connectivity index (χ3v) is 3.17. The first-order valence-corrected chi connectivity index (χ1v) is 6.18. The first-order valence-electron chi connectivity index (χ1n) is 5.75. The van der Waals surface area contributed by atoms with Gasteiger partial charge in [-0.2, -0.15) is 0 Å². The van der Waals surface area contributed by atoms with Crippen LogP contribution in [0.1, 0.15) is 42.2 Å². The van der Waals surface area contributed by atoms with Crippen LogP contribution in [0.4, 0.5) is 0 Å². The lowest BCUT2D eigenvalue weighted by Crippen LogP contribution is -2.12. The van der Waals surface area contributed by atoms with E-state index in [0.717, 1.165) is 43.0 Å². The lowest BCUT2D eigenvalue weighted by Gasteiger charge is -2.11. The van der Waals surface area contributed by atoms with Crippen molar-refractivity contribution in [2.45, 2.75) is 44.6 Å². The van der Waals surface area contributed by atoms with Crippen LogP contribution in [0, 0.1) is 6.92 Å². The molecule has 0 aromatic carbocycles. The Balaban J connectivity index is 2.08. The molecule has 0 amide bonds. The highest BCUT2D eigenvalue weighted by Crippen LogP contribution is 2.22. The van der Waals surface area contributed by atoms with Crippen molar-refractivity contribution >= 4 is 11.6 Å². The van der Waals surface area contributed by atoms with Gasteiger partial charge < -0.3 is 4.74 Å². The van der Waals surface area contributed by atoms with Crippen LogP contribution in [0.25, 0.3) is 0 Å². The molecule has 2 heterocycles. The van der Waals surface area contributed by atoms with Crippen molar-refractivity contribution in [3.05, 3.63) is 23.3 Å². The number of halogens is 1. The molecular weight excluding hydrogens is 224 g/mol. The molecule has 2 rings (SSSR count). The Kier molecular flexibility index (Phi) is 3.77. The van der Waals surface area contributed by atoms with Crippen molar-refractivity contribution in [3.63, 3.8) is 0 Å². The number of hydrogen-bond acceptors (Lipinski definition) is 3. The highest BCUT2D eigenvalue weighted by atomic mass is 35.5. The Morgan fingerprint density at radius 3 is 3.00 bits per heavy atom. The molecule has 1 saturated heterocycles. The zero-order valence-electron chi connectivity index (χ0n) is 9.74. The number of rotatable bonds is 3. The van der Waals surface area contributed by atoms with E-state index in [4.69, 9.17) is 16.3 Å². The molecule has 1 fully saturated rings. The highest BCUT2D eigenvalue weighted by molar-refractivity contribution is 6.20. The maximum absolute atomic E-state index is 6.03. The molecule has 0 radical (unpaired) electrons. The zero-order chi connectivity index (χ0) is 11.5. The van der Waals surface area contributed by atoms with Crippen molar-refractivity contribution in [3.8, 4) is 0 Å². The molecular formula is C12H17ClN2O. The number of alkyl halides is 1. The van der Waals surface area contributed by atoms with Gasteiger partial charge in [0.2, 0.25) is 0 Å². The van der Waals surface area contributed by atoms with Crippen LogP contribution in [-0.2, 0) is 11.2 Å². The van der Waals surface area contributed by atoms with Gasteiger partial charge in [0.05, 0.1) is 11.5 Å². The third-order valence-electron chi connectivity index (χ3n) is 2.93. The van der Waals surface area contributed by atoms with Gasteiger partial charge in [-0.3, -0.25) is 0 Å². The summed E-state index contributed by atoms with van der Waals surface area (Å²) in [6.45, 7) is 4.79. The second-order valence-corrected chi connectivity index (χ2v) is 4.94. The summed E-state index contributed by atoms with van der Waals surface area (Å²) < 4.78 is 5.57. The number of aromatic nitrogens is 2. The van der Waals surface area contributed by atoms with Gasteiger partial charge in [-0.1, -0.05) is 0 Å². The van der Waals surface area contributed by atoms with E-state index in [1.54, 1.807) is 0 Å². The van der Waals surface area contributed by atoms with Crippen molar-refractivity contribution in [2.24, 2.45) is 0 Å². The normalized spacial score (nSPS) is 22.3. The molecule has 0 aliphatic carbocycles. The quantitative estimate of drug-likeness (QED) is 0.762. The molecule has 0 bridgehead atoms. The maximum atomic E-state index is 6.03. The fourth-order valence-corrected chi connectivity index (χ4v) is 2.24. The van der Waals surface area contributed by atoms with Crippen molar-refractivity contribution in [2.75, 3.05) is 6.61 Å². The molecule has 1 aliphatic rings. The molecule has 88 valence electrons. The number of nitrogens with zero attached hydrogens (tertiary/aromatic N) is 2. The van der Waals surface area contributed by atoms with Gasteiger partial charge in [-0.15, -0.1) is 11.6 Å². The van der Waals surface area contributed by atoms with Gasteiger partial charge in [-0.25, -0.2) is 9.97 Å². The summed E-state index contributed by atoms with van der Waals surface area (Å²) in [5.74, 6) is 0.866. The van der Waals surface area contributed by atoms with Crippen LogP contribution in [0.5, 0.6) is 0 Å². The zero-order valence-corrected chi connectivity index (χ0v) is 10.5. The minimum absolute atomic E-state index is 0.0308. The van der Waals surface area contributed by atoms with E-state index >= 15 is 0 Å². The monoisotopic (exact) mass is 240 g/mol. The van der Waals surface area contributed by atoms with E-state index < -0.39 is 0 Å². The summed E-state index contributed by atoms with van der Waals surface area (Å²) in [5, 5.41) is -0.0308. The Morgan fingerprint density at radius 2 is 2.44 bits per heavy atom. The van der Waals surface area contributed by atoms with Crippen LogP contribution < -0.4 is 0 Å². The van der Waals surface area contributed by atoms with Gasteiger partial charge in [0, 0.05) is 30.5 Å². The molecule has 1 aromatic heterocycles. The van der Waals surface area contributed by atoms with Gasteiger partial charge in [0.15, 0.2) is 0 Å². The molecule has 2 unspecified atom stereocenters. The molecule has 3 nitrogen and oxygen atoms in total.